The van der Waals surface area contributed by atoms with Crippen LogP contribution in [0.1, 0.15) is 18.4 Å². The SMILES string of the molecule is COC(=O)C1(O)CCCN1Cc1ccccc1. The highest BCUT2D eigenvalue weighted by Crippen LogP contribution is 2.29. The molecule has 1 unspecified atom stereocenters. The monoisotopic (exact) mass is 235 g/mol. The molecule has 92 valence electrons. The summed E-state index contributed by atoms with van der Waals surface area (Å²) in [7, 11) is 1.30. The predicted octanol–water partition coefficient (Wildman–Crippen LogP) is 1.14. The van der Waals surface area contributed by atoms with Gasteiger partial charge in [0.25, 0.3) is 0 Å². The molecule has 17 heavy (non-hydrogen) atoms. The molecule has 4 heteroatoms. The number of rotatable bonds is 3. The molecular formula is C13H17NO3. The van der Waals surface area contributed by atoms with Crippen LogP contribution in [-0.2, 0) is 16.1 Å². The summed E-state index contributed by atoms with van der Waals surface area (Å²) in [5.74, 6) is -0.564. The zero-order valence-corrected chi connectivity index (χ0v) is 9.93. The Morgan fingerprint density at radius 3 is 2.82 bits per heavy atom. The highest BCUT2D eigenvalue weighted by atomic mass is 16.5. The molecule has 1 aromatic rings. The number of hydrogen-bond donors (Lipinski definition) is 1. The number of esters is 1. The Kier molecular flexibility index (Phi) is 3.45. The highest BCUT2D eigenvalue weighted by Gasteiger charge is 2.46. The van der Waals surface area contributed by atoms with Crippen molar-refractivity contribution in [1.82, 2.24) is 4.90 Å². The van der Waals surface area contributed by atoms with E-state index in [2.05, 4.69) is 4.74 Å². The van der Waals surface area contributed by atoms with Crippen LogP contribution in [-0.4, -0.2) is 35.4 Å². The van der Waals surface area contributed by atoms with E-state index >= 15 is 0 Å². The molecule has 0 spiro atoms. The third kappa shape index (κ3) is 2.33. The molecule has 0 aliphatic carbocycles. The van der Waals surface area contributed by atoms with E-state index in [4.69, 9.17) is 0 Å². The summed E-state index contributed by atoms with van der Waals surface area (Å²) < 4.78 is 4.67. The van der Waals surface area contributed by atoms with Crippen LogP contribution < -0.4 is 0 Å². The summed E-state index contributed by atoms with van der Waals surface area (Å²) in [4.78, 5) is 13.4. The first-order chi connectivity index (χ1) is 8.16. The number of benzene rings is 1. The Bertz CT molecular complexity index is 393. The maximum atomic E-state index is 11.6. The fourth-order valence-corrected chi connectivity index (χ4v) is 2.27. The van der Waals surface area contributed by atoms with E-state index in [1.54, 1.807) is 4.90 Å². The topological polar surface area (TPSA) is 49.8 Å². The summed E-state index contributed by atoms with van der Waals surface area (Å²) >= 11 is 0. The summed E-state index contributed by atoms with van der Waals surface area (Å²) in [6.07, 6.45) is 1.24. The van der Waals surface area contributed by atoms with Crippen molar-refractivity contribution in [2.24, 2.45) is 0 Å². The highest BCUT2D eigenvalue weighted by molar-refractivity contribution is 5.78. The molecule has 0 aromatic heterocycles. The molecule has 1 aromatic carbocycles. The summed E-state index contributed by atoms with van der Waals surface area (Å²) in [5.41, 5.74) is -0.373. The molecule has 1 aliphatic rings. The lowest BCUT2D eigenvalue weighted by Crippen LogP contribution is -2.50. The first kappa shape index (κ1) is 12.1. The van der Waals surface area contributed by atoms with Gasteiger partial charge in [-0.3, -0.25) is 4.90 Å². The molecule has 4 nitrogen and oxygen atoms in total. The van der Waals surface area contributed by atoms with E-state index in [1.165, 1.54) is 7.11 Å². The standard InChI is InChI=1S/C13H17NO3/c1-17-12(15)13(16)8-5-9-14(13)10-11-6-3-2-4-7-11/h2-4,6-7,16H,5,8-10H2,1H3. The number of nitrogens with zero attached hydrogens (tertiary/aromatic N) is 1. The lowest BCUT2D eigenvalue weighted by molar-refractivity contribution is -0.181. The van der Waals surface area contributed by atoms with Crippen LogP contribution >= 0.6 is 0 Å². The van der Waals surface area contributed by atoms with Crippen molar-refractivity contribution >= 4 is 5.97 Å². The van der Waals surface area contributed by atoms with Crippen LogP contribution in [0.3, 0.4) is 0 Å². The van der Waals surface area contributed by atoms with Gasteiger partial charge in [-0.1, -0.05) is 30.3 Å². The van der Waals surface area contributed by atoms with Crippen LogP contribution in [0, 0.1) is 0 Å². The van der Waals surface area contributed by atoms with Gasteiger partial charge in [0, 0.05) is 19.5 Å². The number of ether oxygens (including phenoxy) is 1. The lowest BCUT2D eigenvalue weighted by Gasteiger charge is -2.30. The van der Waals surface area contributed by atoms with Crippen LogP contribution in [0.25, 0.3) is 0 Å². The number of carbonyl (C=O) groups excluding carboxylic acids is 1. The Morgan fingerprint density at radius 2 is 2.18 bits per heavy atom. The van der Waals surface area contributed by atoms with Gasteiger partial charge in [0.1, 0.15) is 0 Å². The van der Waals surface area contributed by atoms with Gasteiger partial charge in [-0.2, -0.15) is 0 Å². The Labute approximate surface area is 101 Å². The average Bonchev–Trinajstić information content (AvgIpc) is 2.72. The van der Waals surface area contributed by atoms with Gasteiger partial charge in [-0.15, -0.1) is 0 Å². The van der Waals surface area contributed by atoms with E-state index in [0.29, 0.717) is 19.5 Å². The maximum Gasteiger partial charge on any atom is 0.353 e. The molecule has 0 amide bonds. The third-order valence-corrected chi connectivity index (χ3v) is 3.21. The normalized spacial score (nSPS) is 24.8. The summed E-state index contributed by atoms with van der Waals surface area (Å²) in [6, 6.07) is 9.80. The molecule has 0 radical (unpaired) electrons. The van der Waals surface area contributed by atoms with Crippen molar-refractivity contribution in [3.05, 3.63) is 35.9 Å². The smallest absolute Gasteiger partial charge is 0.353 e. The second-order valence-electron chi connectivity index (χ2n) is 4.32. The van der Waals surface area contributed by atoms with E-state index in [0.717, 1.165) is 12.0 Å². The van der Waals surface area contributed by atoms with Crippen molar-refractivity contribution in [1.29, 1.82) is 0 Å². The Hall–Kier alpha value is -1.39. The number of hydrogen-bond acceptors (Lipinski definition) is 4. The Morgan fingerprint density at radius 1 is 1.47 bits per heavy atom. The molecule has 2 rings (SSSR count). The fourth-order valence-electron chi connectivity index (χ4n) is 2.27. The number of methoxy groups -OCH3 is 1. The molecular weight excluding hydrogens is 218 g/mol. The van der Waals surface area contributed by atoms with E-state index < -0.39 is 11.7 Å². The van der Waals surface area contributed by atoms with Gasteiger partial charge in [-0.25, -0.2) is 4.79 Å². The minimum atomic E-state index is -1.45. The molecule has 1 saturated heterocycles. The molecule has 1 heterocycles. The van der Waals surface area contributed by atoms with Crippen molar-refractivity contribution in [3.63, 3.8) is 0 Å². The average molecular weight is 235 g/mol. The van der Waals surface area contributed by atoms with Crippen molar-refractivity contribution in [3.8, 4) is 0 Å². The minimum Gasteiger partial charge on any atom is -0.466 e. The largest absolute Gasteiger partial charge is 0.466 e. The number of aliphatic hydroxyl groups is 1. The second kappa shape index (κ2) is 4.85. The minimum absolute atomic E-state index is 0.437. The van der Waals surface area contributed by atoms with Crippen LogP contribution in [0.2, 0.25) is 0 Å². The second-order valence-corrected chi connectivity index (χ2v) is 4.32. The first-order valence-corrected chi connectivity index (χ1v) is 5.76. The third-order valence-electron chi connectivity index (χ3n) is 3.21. The molecule has 1 atom stereocenters. The van der Waals surface area contributed by atoms with Crippen molar-refractivity contribution in [2.45, 2.75) is 25.1 Å². The number of carbonyl (C=O) groups is 1. The summed E-state index contributed by atoms with van der Waals surface area (Å²) in [5, 5.41) is 10.3. The first-order valence-electron chi connectivity index (χ1n) is 5.76. The molecule has 0 saturated carbocycles. The van der Waals surface area contributed by atoms with Crippen LogP contribution in [0.4, 0.5) is 0 Å². The van der Waals surface area contributed by atoms with Crippen molar-refractivity contribution in [2.75, 3.05) is 13.7 Å². The van der Waals surface area contributed by atoms with Gasteiger partial charge in [0.2, 0.25) is 5.72 Å². The quantitative estimate of drug-likeness (QED) is 0.798. The van der Waals surface area contributed by atoms with Gasteiger partial charge in [0.15, 0.2) is 0 Å². The number of likely N-dealkylation sites (tertiary alicyclic amines) is 1. The zero-order valence-electron chi connectivity index (χ0n) is 9.93. The van der Waals surface area contributed by atoms with E-state index in [9.17, 15) is 9.90 Å². The van der Waals surface area contributed by atoms with Gasteiger partial charge in [0.05, 0.1) is 7.11 Å². The molecule has 1 N–H and O–H groups in total. The van der Waals surface area contributed by atoms with Crippen LogP contribution in [0.5, 0.6) is 0 Å². The van der Waals surface area contributed by atoms with E-state index in [1.807, 2.05) is 30.3 Å². The van der Waals surface area contributed by atoms with Crippen molar-refractivity contribution < 1.29 is 14.6 Å². The Balaban J connectivity index is 2.13. The fraction of sp³-hybridized carbons (Fsp3) is 0.462. The van der Waals surface area contributed by atoms with Gasteiger partial charge >= 0.3 is 5.97 Å². The van der Waals surface area contributed by atoms with Crippen LogP contribution in [0.15, 0.2) is 30.3 Å². The van der Waals surface area contributed by atoms with Gasteiger partial charge in [-0.05, 0) is 12.0 Å². The zero-order chi connectivity index (χ0) is 12.3. The summed E-state index contributed by atoms with van der Waals surface area (Å²) in [6.45, 7) is 1.27. The van der Waals surface area contributed by atoms with Gasteiger partial charge < -0.3 is 9.84 Å². The predicted molar refractivity (Wildman–Crippen MR) is 63.1 cm³/mol. The maximum absolute atomic E-state index is 11.6. The molecule has 0 bridgehead atoms. The molecule has 1 aliphatic heterocycles. The van der Waals surface area contributed by atoms with E-state index in [-0.39, 0.29) is 0 Å². The lowest BCUT2D eigenvalue weighted by atomic mass is 10.1. The molecule has 1 fully saturated rings.